The van der Waals surface area contributed by atoms with Crippen molar-refractivity contribution in [3.8, 4) is 5.75 Å². The van der Waals surface area contributed by atoms with Crippen molar-refractivity contribution in [2.45, 2.75) is 11.4 Å². The Kier molecular flexibility index (Phi) is 7.53. The van der Waals surface area contributed by atoms with Crippen molar-refractivity contribution in [3.05, 3.63) is 41.6 Å². The van der Waals surface area contributed by atoms with Crippen LogP contribution in [0.15, 0.2) is 41.6 Å². The zero-order valence-corrected chi connectivity index (χ0v) is 19.2. The molecule has 2 aliphatic rings. The number of rotatable bonds is 6. The number of nitrogens with zero attached hydrogens (tertiary/aromatic N) is 1. The summed E-state index contributed by atoms with van der Waals surface area (Å²) in [5, 5.41) is 20.6. The van der Waals surface area contributed by atoms with Gasteiger partial charge in [-0.05, 0) is 17.7 Å². The summed E-state index contributed by atoms with van der Waals surface area (Å²) < 4.78 is 5.32. The number of β-lactam (4-membered cyclic amide) rings is 1. The molecule has 2 atom stereocenters. The van der Waals surface area contributed by atoms with Gasteiger partial charge in [-0.2, -0.15) is 0 Å². The van der Waals surface area contributed by atoms with Gasteiger partial charge in [0.25, 0.3) is 11.8 Å². The summed E-state index contributed by atoms with van der Waals surface area (Å²) in [6.45, 7) is -0.665. The number of para-hydroxylation sites is 1. The van der Waals surface area contributed by atoms with E-state index in [2.05, 4.69) is 5.32 Å². The van der Waals surface area contributed by atoms with Gasteiger partial charge >= 0.3 is 5.97 Å². The number of aliphatic hydroxyl groups excluding tert-OH is 1. The first-order valence-corrected chi connectivity index (χ1v) is 8.56. The Balaban J connectivity index is 0.00000243. The Bertz CT molecular complexity index is 742. The number of ether oxygens (including phenoxy) is 1. The third-order valence-corrected chi connectivity index (χ3v) is 5.21. The molecule has 10 heteroatoms. The molecule has 3 rings (SSSR count). The van der Waals surface area contributed by atoms with Crippen LogP contribution in [0, 0.1) is 44.1 Å². The predicted molar refractivity (Wildman–Crippen MR) is 88.7 cm³/mol. The van der Waals surface area contributed by atoms with Crippen LogP contribution in [-0.2, 0) is 14.4 Å². The molecule has 0 aliphatic carbocycles. The number of carboxylic acids is 1. The van der Waals surface area contributed by atoms with Gasteiger partial charge in [-0.15, -0.1) is 11.8 Å². The van der Waals surface area contributed by atoms with Gasteiger partial charge in [0, 0.05) is 49.8 Å². The van der Waals surface area contributed by atoms with E-state index >= 15 is 0 Å². The molecular formula is C16H16AcN2O6S. The molecular weight excluding hydrogens is 575 g/mol. The van der Waals surface area contributed by atoms with Crippen LogP contribution in [0.1, 0.15) is 0 Å². The van der Waals surface area contributed by atoms with Crippen LogP contribution in [0.4, 0.5) is 0 Å². The van der Waals surface area contributed by atoms with E-state index in [9.17, 15) is 24.6 Å². The number of benzene rings is 1. The fourth-order valence-electron chi connectivity index (χ4n) is 2.69. The number of carbonyl (C=O) groups is 3. The Morgan fingerprint density at radius 1 is 1.31 bits per heavy atom. The zero-order chi connectivity index (χ0) is 18.0. The average molecular weight is 591 g/mol. The Morgan fingerprint density at radius 3 is 2.62 bits per heavy atom. The van der Waals surface area contributed by atoms with Crippen LogP contribution in [0.25, 0.3) is 0 Å². The van der Waals surface area contributed by atoms with Gasteiger partial charge in [0.15, 0.2) is 6.61 Å². The normalized spacial score (nSPS) is 21.3. The van der Waals surface area contributed by atoms with Crippen molar-refractivity contribution in [2.24, 2.45) is 0 Å². The summed E-state index contributed by atoms with van der Waals surface area (Å²) in [6.07, 6.45) is 0. The molecule has 1 fully saturated rings. The van der Waals surface area contributed by atoms with E-state index in [-0.39, 0.29) is 56.4 Å². The molecule has 1 saturated heterocycles. The van der Waals surface area contributed by atoms with Crippen LogP contribution >= 0.6 is 11.8 Å². The van der Waals surface area contributed by atoms with Gasteiger partial charge in [0.1, 0.15) is 22.9 Å². The van der Waals surface area contributed by atoms with Crippen LogP contribution in [0.3, 0.4) is 0 Å². The van der Waals surface area contributed by atoms with E-state index in [0.29, 0.717) is 17.1 Å². The number of fused-ring (bicyclic) bond motifs is 1. The summed E-state index contributed by atoms with van der Waals surface area (Å²) in [5.74, 6) is -1.40. The minimum atomic E-state index is -1.26. The van der Waals surface area contributed by atoms with Crippen molar-refractivity contribution < 1.29 is 73.4 Å². The molecule has 2 amide bonds. The topological polar surface area (TPSA) is 116 Å². The number of hydrogen-bond acceptors (Lipinski definition) is 6. The summed E-state index contributed by atoms with van der Waals surface area (Å²) in [6, 6.07) is 7.99. The van der Waals surface area contributed by atoms with Crippen LogP contribution < -0.4 is 10.1 Å². The molecule has 1 radical (unpaired) electrons. The van der Waals surface area contributed by atoms with Crippen molar-refractivity contribution >= 4 is 29.5 Å². The first-order chi connectivity index (χ1) is 12.0. The average Bonchev–Trinajstić information content (AvgIpc) is 2.63. The fourth-order valence-corrected chi connectivity index (χ4v) is 4.02. The van der Waals surface area contributed by atoms with Crippen LogP contribution in [0.2, 0.25) is 0 Å². The first-order valence-electron chi connectivity index (χ1n) is 7.51. The number of nitrogens with one attached hydrogen (secondary N) is 1. The van der Waals surface area contributed by atoms with E-state index in [1.54, 1.807) is 24.3 Å². The number of thioether (sulfide) groups is 1. The molecule has 2 unspecified atom stereocenters. The van der Waals surface area contributed by atoms with Crippen molar-refractivity contribution in [1.29, 1.82) is 0 Å². The Morgan fingerprint density at radius 2 is 2.00 bits per heavy atom. The molecule has 135 valence electrons. The fraction of sp³-hybridized carbons (Fsp3) is 0.312. The molecule has 26 heavy (non-hydrogen) atoms. The maximum absolute atomic E-state index is 12.3. The number of carbonyl (C=O) groups excluding carboxylic acids is 2. The second kappa shape index (κ2) is 9.22. The van der Waals surface area contributed by atoms with E-state index in [4.69, 9.17) is 4.74 Å². The van der Waals surface area contributed by atoms with Gasteiger partial charge in [0.05, 0.1) is 6.61 Å². The summed E-state index contributed by atoms with van der Waals surface area (Å²) in [5.41, 5.74) is 0.0987. The van der Waals surface area contributed by atoms with Gasteiger partial charge in [-0.3, -0.25) is 14.5 Å². The van der Waals surface area contributed by atoms with E-state index in [1.165, 1.54) is 11.8 Å². The van der Waals surface area contributed by atoms with E-state index < -0.39 is 35.8 Å². The maximum atomic E-state index is 12.3. The molecule has 0 aromatic heterocycles. The molecule has 1 aromatic carbocycles. The number of aliphatic hydroxyl groups is 1. The standard InChI is InChI=1S/C16H16N2O6S.Ac/c19-6-9-8-25-15-12(14(21)18(15)13(9)16(22)23)17-11(20)7-24-10-4-2-1-3-5-10;/h1-5,12,15,19H,6-8H2,(H,17,20)(H,22,23);. The second-order valence-electron chi connectivity index (χ2n) is 5.47. The zero-order valence-electron chi connectivity index (χ0n) is 13.6. The summed E-state index contributed by atoms with van der Waals surface area (Å²) in [7, 11) is 0. The largest absolute Gasteiger partial charge is 0.484 e. The Labute approximate surface area is 189 Å². The summed E-state index contributed by atoms with van der Waals surface area (Å²) >= 11 is 1.30. The third-order valence-electron chi connectivity index (χ3n) is 3.87. The van der Waals surface area contributed by atoms with E-state index in [0.717, 1.165) is 4.90 Å². The summed E-state index contributed by atoms with van der Waals surface area (Å²) in [4.78, 5) is 36.7. The van der Waals surface area contributed by atoms with Crippen molar-refractivity contribution in [3.63, 3.8) is 0 Å². The number of carboxylic acid groups (broad SMARTS) is 1. The van der Waals surface area contributed by atoms with Gasteiger partial charge in [-0.25, -0.2) is 4.79 Å². The van der Waals surface area contributed by atoms with Crippen LogP contribution in [0.5, 0.6) is 5.75 Å². The Hall–Kier alpha value is -1.08. The number of aliphatic carboxylic acids is 1. The van der Waals surface area contributed by atoms with Crippen molar-refractivity contribution in [1.82, 2.24) is 10.2 Å². The van der Waals surface area contributed by atoms with E-state index in [1.807, 2.05) is 6.07 Å². The van der Waals surface area contributed by atoms with Gasteiger partial charge < -0.3 is 20.3 Å². The third kappa shape index (κ3) is 4.25. The molecule has 2 aliphatic heterocycles. The van der Waals surface area contributed by atoms with Gasteiger partial charge in [-0.1, -0.05) is 18.2 Å². The first kappa shape index (κ1) is 21.2. The number of amides is 2. The van der Waals surface area contributed by atoms with Crippen molar-refractivity contribution in [2.75, 3.05) is 19.0 Å². The minimum Gasteiger partial charge on any atom is -0.484 e. The van der Waals surface area contributed by atoms with Crippen LogP contribution in [-0.4, -0.2) is 63.3 Å². The quantitative estimate of drug-likeness (QED) is 0.393. The molecule has 0 spiro atoms. The monoisotopic (exact) mass is 591 g/mol. The molecule has 0 bridgehead atoms. The molecule has 8 nitrogen and oxygen atoms in total. The SMILES string of the molecule is O=C(COc1ccccc1)NC1C(=O)N2C(C(=O)O)=C(CO)CSC12.[Ac]. The number of hydrogen-bond donors (Lipinski definition) is 3. The predicted octanol–water partition coefficient (Wildman–Crippen LogP) is -0.204. The second-order valence-corrected chi connectivity index (χ2v) is 6.58. The minimum absolute atomic E-state index is 0. The molecule has 1 aromatic rings. The molecule has 2 heterocycles. The van der Waals surface area contributed by atoms with Gasteiger partial charge in [0.2, 0.25) is 0 Å². The smallest absolute Gasteiger partial charge is 0.352 e. The maximum Gasteiger partial charge on any atom is 0.352 e. The molecule has 3 N–H and O–H groups in total. The molecule has 0 saturated carbocycles.